The van der Waals surface area contributed by atoms with E-state index in [4.69, 9.17) is 28.3 Å². The molecule has 3 nitrogen and oxygen atoms in total. The van der Waals surface area contributed by atoms with Gasteiger partial charge in [-0.2, -0.15) is 0 Å². The largest absolute Gasteiger partial charge is 0.478 e. The molecule has 0 aromatic carbocycles. The maximum atomic E-state index is 10.6. The molecule has 0 saturated heterocycles. The van der Waals surface area contributed by atoms with Crippen molar-refractivity contribution in [2.24, 2.45) is 0 Å². The first-order chi connectivity index (χ1) is 5.54. The van der Waals surface area contributed by atoms with Crippen molar-refractivity contribution >= 4 is 29.2 Å². The van der Waals surface area contributed by atoms with Crippen molar-refractivity contribution in [3.05, 3.63) is 27.5 Å². The number of aromatic carboxylic acids is 1. The van der Waals surface area contributed by atoms with E-state index in [-0.39, 0.29) is 15.7 Å². The lowest BCUT2D eigenvalue weighted by molar-refractivity contribution is 0.0696. The molecular weight excluding hydrogens is 201 g/mol. The average molecular weight is 206 g/mol. The average Bonchev–Trinajstić information content (AvgIpc) is 1.97. The minimum Gasteiger partial charge on any atom is -0.478 e. The number of nitrogens with zero attached hydrogens (tertiary/aromatic N) is 1. The highest BCUT2D eigenvalue weighted by Gasteiger charge is 2.15. The quantitative estimate of drug-likeness (QED) is 0.717. The summed E-state index contributed by atoms with van der Waals surface area (Å²) in [5, 5.41) is 8.72. The fraction of sp³-hybridized carbons (Fsp3) is 0.143. The number of rotatable bonds is 1. The lowest BCUT2D eigenvalue weighted by Crippen LogP contribution is -2.01. The van der Waals surface area contributed by atoms with Crippen molar-refractivity contribution in [1.29, 1.82) is 0 Å². The number of aryl methyl sites for hydroxylation is 1. The van der Waals surface area contributed by atoms with Gasteiger partial charge in [-0.3, -0.25) is 0 Å². The van der Waals surface area contributed by atoms with Crippen molar-refractivity contribution in [2.45, 2.75) is 6.92 Å². The van der Waals surface area contributed by atoms with Crippen LogP contribution in [0, 0.1) is 6.92 Å². The summed E-state index contributed by atoms with van der Waals surface area (Å²) in [7, 11) is 0. The van der Waals surface area contributed by atoms with Crippen LogP contribution < -0.4 is 0 Å². The van der Waals surface area contributed by atoms with Crippen molar-refractivity contribution in [1.82, 2.24) is 4.98 Å². The highest BCUT2D eigenvalue weighted by Crippen LogP contribution is 2.25. The van der Waals surface area contributed by atoms with E-state index in [1.54, 1.807) is 6.92 Å². The first-order valence-electron chi connectivity index (χ1n) is 3.08. The third-order valence-corrected chi connectivity index (χ3v) is 2.13. The molecule has 1 N–H and O–H groups in total. The van der Waals surface area contributed by atoms with E-state index in [1.807, 2.05) is 0 Å². The minimum atomic E-state index is -1.17. The lowest BCUT2D eigenvalue weighted by Gasteiger charge is -2.02. The summed E-state index contributed by atoms with van der Waals surface area (Å²) in [6.45, 7) is 1.66. The highest BCUT2D eigenvalue weighted by atomic mass is 35.5. The molecule has 0 aliphatic carbocycles. The van der Waals surface area contributed by atoms with Crippen LogP contribution >= 0.6 is 23.2 Å². The molecule has 64 valence electrons. The van der Waals surface area contributed by atoms with E-state index >= 15 is 0 Å². The van der Waals surface area contributed by atoms with Gasteiger partial charge >= 0.3 is 5.97 Å². The number of aromatic nitrogens is 1. The Balaban J connectivity index is 3.43. The Bertz CT molecular complexity index is 338. The van der Waals surface area contributed by atoms with E-state index < -0.39 is 5.97 Å². The Morgan fingerprint density at radius 2 is 2.17 bits per heavy atom. The SMILES string of the molecule is Cc1cnc(Cl)c(C(=O)O)c1Cl. The van der Waals surface area contributed by atoms with Gasteiger partial charge in [0.1, 0.15) is 10.7 Å². The number of carboxylic acid groups (broad SMARTS) is 1. The van der Waals surface area contributed by atoms with Gasteiger partial charge in [0.2, 0.25) is 0 Å². The van der Waals surface area contributed by atoms with Crippen molar-refractivity contribution < 1.29 is 9.90 Å². The molecule has 1 aromatic rings. The standard InChI is InChI=1S/C7H5Cl2NO2/c1-3-2-10-6(9)4(5(3)8)7(11)12/h2H,1H3,(H,11,12). The smallest absolute Gasteiger partial charge is 0.340 e. The zero-order chi connectivity index (χ0) is 9.30. The van der Waals surface area contributed by atoms with Crippen LogP contribution in [0.15, 0.2) is 6.20 Å². The molecule has 0 atom stereocenters. The van der Waals surface area contributed by atoms with Crippen LogP contribution in [0.5, 0.6) is 0 Å². The molecular formula is C7H5Cl2NO2. The molecule has 0 amide bonds. The molecule has 5 heteroatoms. The van der Waals surface area contributed by atoms with Gasteiger partial charge in [-0.15, -0.1) is 0 Å². The fourth-order valence-corrected chi connectivity index (χ4v) is 1.24. The lowest BCUT2D eigenvalue weighted by atomic mass is 10.2. The number of carboxylic acids is 1. The van der Waals surface area contributed by atoms with Crippen molar-refractivity contribution in [2.75, 3.05) is 0 Å². The van der Waals surface area contributed by atoms with Crippen LogP contribution in [0.2, 0.25) is 10.2 Å². The Kier molecular flexibility index (Phi) is 2.55. The summed E-state index contributed by atoms with van der Waals surface area (Å²) in [6.07, 6.45) is 1.43. The van der Waals surface area contributed by atoms with Gasteiger partial charge in [-0.05, 0) is 12.5 Å². The first-order valence-corrected chi connectivity index (χ1v) is 3.83. The van der Waals surface area contributed by atoms with Crippen LogP contribution in [0.25, 0.3) is 0 Å². The van der Waals surface area contributed by atoms with Crippen LogP contribution in [0.3, 0.4) is 0 Å². The van der Waals surface area contributed by atoms with Crippen molar-refractivity contribution in [3.63, 3.8) is 0 Å². The second-order valence-electron chi connectivity index (χ2n) is 2.23. The second kappa shape index (κ2) is 3.29. The number of halogens is 2. The molecule has 0 unspecified atom stereocenters. The van der Waals surface area contributed by atoms with Gasteiger partial charge in [0, 0.05) is 6.20 Å². The Morgan fingerprint density at radius 3 is 2.58 bits per heavy atom. The zero-order valence-corrected chi connectivity index (χ0v) is 7.65. The van der Waals surface area contributed by atoms with E-state index in [9.17, 15) is 4.79 Å². The number of hydrogen-bond donors (Lipinski definition) is 1. The maximum Gasteiger partial charge on any atom is 0.340 e. The van der Waals surface area contributed by atoms with E-state index in [2.05, 4.69) is 4.98 Å². The predicted octanol–water partition coefficient (Wildman–Crippen LogP) is 2.40. The topological polar surface area (TPSA) is 50.2 Å². The summed E-state index contributed by atoms with van der Waals surface area (Å²) in [6, 6.07) is 0. The van der Waals surface area contributed by atoms with Crippen LogP contribution in [0.1, 0.15) is 15.9 Å². The third-order valence-electron chi connectivity index (χ3n) is 1.36. The molecule has 12 heavy (non-hydrogen) atoms. The van der Waals surface area contributed by atoms with Gasteiger partial charge in [-0.25, -0.2) is 9.78 Å². The number of hydrogen-bond acceptors (Lipinski definition) is 2. The van der Waals surface area contributed by atoms with Crippen LogP contribution in [-0.4, -0.2) is 16.1 Å². The molecule has 1 aromatic heterocycles. The molecule has 0 saturated carbocycles. The summed E-state index contributed by atoms with van der Waals surface area (Å²) in [5.41, 5.74) is 0.455. The molecule has 1 heterocycles. The Labute approximate surface area is 78.9 Å². The Hall–Kier alpha value is -0.800. The molecule has 0 spiro atoms. The number of pyridine rings is 1. The van der Waals surface area contributed by atoms with Crippen molar-refractivity contribution in [3.8, 4) is 0 Å². The summed E-state index contributed by atoms with van der Waals surface area (Å²) >= 11 is 11.2. The van der Waals surface area contributed by atoms with Gasteiger partial charge in [0.25, 0.3) is 0 Å². The van der Waals surface area contributed by atoms with E-state index in [0.717, 1.165) is 0 Å². The maximum absolute atomic E-state index is 10.6. The van der Waals surface area contributed by atoms with Crippen LogP contribution in [0.4, 0.5) is 0 Å². The monoisotopic (exact) mass is 205 g/mol. The van der Waals surface area contributed by atoms with Gasteiger partial charge in [0.05, 0.1) is 5.02 Å². The van der Waals surface area contributed by atoms with Crippen LogP contribution in [-0.2, 0) is 0 Å². The van der Waals surface area contributed by atoms with Gasteiger partial charge < -0.3 is 5.11 Å². The molecule has 0 radical (unpaired) electrons. The zero-order valence-electron chi connectivity index (χ0n) is 6.14. The number of carbonyl (C=O) groups is 1. The minimum absolute atomic E-state index is 0.0851. The van der Waals surface area contributed by atoms with Gasteiger partial charge in [-0.1, -0.05) is 23.2 Å². The first kappa shape index (κ1) is 9.29. The molecule has 0 aliphatic rings. The molecule has 1 rings (SSSR count). The summed E-state index contributed by atoms with van der Waals surface area (Å²) in [4.78, 5) is 14.2. The van der Waals surface area contributed by atoms with E-state index in [1.165, 1.54) is 6.20 Å². The van der Waals surface area contributed by atoms with Gasteiger partial charge in [0.15, 0.2) is 0 Å². The fourth-order valence-electron chi connectivity index (χ4n) is 0.745. The summed E-state index contributed by atoms with van der Waals surface area (Å²) in [5.74, 6) is -1.17. The normalized spacial score (nSPS) is 9.92. The molecule has 0 bridgehead atoms. The Morgan fingerprint density at radius 1 is 1.58 bits per heavy atom. The highest BCUT2D eigenvalue weighted by molar-refractivity contribution is 6.38. The molecule has 0 fully saturated rings. The predicted molar refractivity (Wildman–Crippen MR) is 46.0 cm³/mol. The summed E-state index contributed by atoms with van der Waals surface area (Å²) < 4.78 is 0. The molecule has 0 aliphatic heterocycles. The second-order valence-corrected chi connectivity index (χ2v) is 2.96. The van der Waals surface area contributed by atoms with E-state index in [0.29, 0.717) is 5.56 Å². The third kappa shape index (κ3) is 1.52.